The Kier molecular flexibility index (Phi) is 4.60. The summed E-state index contributed by atoms with van der Waals surface area (Å²) in [6.45, 7) is 2.67. The summed E-state index contributed by atoms with van der Waals surface area (Å²) in [5.41, 5.74) is 1.62. The second kappa shape index (κ2) is 6.22. The summed E-state index contributed by atoms with van der Waals surface area (Å²) in [6, 6.07) is 9.34. The molecular formula is C13H17N3O3S. The van der Waals surface area contributed by atoms with Gasteiger partial charge in [-0.15, -0.1) is 0 Å². The van der Waals surface area contributed by atoms with Crippen LogP contribution in [0, 0.1) is 11.3 Å². The number of anilines is 1. The van der Waals surface area contributed by atoms with Crippen molar-refractivity contribution in [2.75, 3.05) is 30.7 Å². The van der Waals surface area contributed by atoms with E-state index in [1.54, 1.807) is 12.1 Å². The first-order valence-electron chi connectivity index (χ1n) is 6.26. The molecule has 0 radical (unpaired) electrons. The Labute approximate surface area is 119 Å². The fourth-order valence-electron chi connectivity index (χ4n) is 2.07. The molecule has 108 valence electrons. The number of hydrogen-bond acceptors (Lipinski definition) is 5. The van der Waals surface area contributed by atoms with Gasteiger partial charge in [-0.25, -0.2) is 8.42 Å². The summed E-state index contributed by atoms with van der Waals surface area (Å²) in [6.07, 6.45) is 0.756. The van der Waals surface area contributed by atoms with Crippen LogP contribution in [0.15, 0.2) is 24.3 Å². The maximum absolute atomic E-state index is 11.1. The molecule has 1 heterocycles. The van der Waals surface area contributed by atoms with Gasteiger partial charge in [0.15, 0.2) is 6.10 Å². The fourth-order valence-corrected chi connectivity index (χ4v) is 2.64. The molecule has 1 fully saturated rings. The van der Waals surface area contributed by atoms with Crippen LogP contribution in [0.1, 0.15) is 5.56 Å². The van der Waals surface area contributed by atoms with Crippen LogP contribution in [0.2, 0.25) is 0 Å². The average molecular weight is 295 g/mol. The highest BCUT2D eigenvalue weighted by Gasteiger charge is 2.19. The number of benzene rings is 1. The van der Waals surface area contributed by atoms with Gasteiger partial charge in [0.2, 0.25) is 10.0 Å². The van der Waals surface area contributed by atoms with Crippen LogP contribution in [0.4, 0.5) is 5.69 Å². The number of nitriles is 1. The topological polar surface area (TPSA) is 82.4 Å². The summed E-state index contributed by atoms with van der Waals surface area (Å²) in [5.74, 6) is 0. The summed E-state index contributed by atoms with van der Waals surface area (Å²) in [5, 5.41) is 8.85. The molecule has 1 aromatic rings. The van der Waals surface area contributed by atoms with Crippen LogP contribution >= 0.6 is 0 Å². The summed E-state index contributed by atoms with van der Waals surface area (Å²) in [7, 11) is -3.24. The highest BCUT2D eigenvalue weighted by atomic mass is 32.2. The molecule has 2 rings (SSSR count). The molecule has 1 N–H and O–H groups in total. The molecule has 0 saturated carbocycles. The van der Waals surface area contributed by atoms with Crippen LogP contribution < -0.4 is 4.72 Å². The molecule has 1 atom stereocenters. The van der Waals surface area contributed by atoms with E-state index < -0.39 is 10.0 Å². The monoisotopic (exact) mass is 295 g/mol. The molecule has 1 saturated heterocycles. The first-order chi connectivity index (χ1) is 9.46. The van der Waals surface area contributed by atoms with Gasteiger partial charge < -0.3 is 4.74 Å². The molecule has 0 amide bonds. The number of nitrogens with zero attached hydrogens (tertiary/aromatic N) is 2. The van der Waals surface area contributed by atoms with E-state index in [2.05, 4.69) is 15.7 Å². The molecule has 0 unspecified atom stereocenters. The lowest BCUT2D eigenvalue weighted by Crippen LogP contribution is -2.41. The van der Waals surface area contributed by atoms with E-state index in [-0.39, 0.29) is 6.10 Å². The minimum atomic E-state index is -3.24. The zero-order valence-electron chi connectivity index (χ0n) is 11.2. The number of hydrogen-bond donors (Lipinski definition) is 1. The molecule has 1 aliphatic heterocycles. The van der Waals surface area contributed by atoms with Crippen molar-refractivity contribution in [3.05, 3.63) is 29.8 Å². The molecule has 6 nitrogen and oxygen atoms in total. The van der Waals surface area contributed by atoms with E-state index in [9.17, 15) is 8.42 Å². The van der Waals surface area contributed by atoms with Crippen LogP contribution in [0.5, 0.6) is 0 Å². The van der Waals surface area contributed by atoms with Crippen molar-refractivity contribution in [3.8, 4) is 6.07 Å². The number of nitrogens with one attached hydrogen (secondary N) is 1. The van der Waals surface area contributed by atoms with Crippen LogP contribution in [0.25, 0.3) is 0 Å². The number of ether oxygens (including phenoxy) is 1. The lowest BCUT2D eigenvalue weighted by molar-refractivity contribution is -0.00269. The van der Waals surface area contributed by atoms with Gasteiger partial charge in [-0.05, 0) is 17.7 Å². The first kappa shape index (κ1) is 14.8. The van der Waals surface area contributed by atoms with E-state index in [1.807, 2.05) is 12.1 Å². The lowest BCUT2D eigenvalue weighted by atomic mass is 10.2. The highest BCUT2D eigenvalue weighted by molar-refractivity contribution is 7.92. The predicted molar refractivity (Wildman–Crippen MR) is 75.5 cm³/mol. The third kappa shape index (κ3) is 4.49. The Hall–Kier alpha value is -1.62. The van der Waals surface area contributed by atoms with Crippen molar-refractivity contribution in [1.29, 1.82) is 5.26 Å². The largest absolute Gasteiger partial charge is 0.361 e. The summed E-state index contributed by atoms with van der Waals surface area (Å²) < 4.78 is 29.9. The van der Waals surface area contributed by atoms with Crippen molar-refractivity contribution < 1.29 is 13.2 Å². The number of sulfonamides is 1. The minimum absolute atomic E-state index is 0.366. The number of morpholine rings is 1. The minimum Gasteiger partial charge on any atom is -0.361 e. The van der Waals surface area contributed by atoms with Crippen LogP contribution in [0.3, 0.4) is 0 Å². The molecule has 0 bridgehead atoms. The van der Waals surface area contributed by atoms with Crippen LogP contribution in [-0.2, 0) is 21.3 Å². The summed E-state index contributed by atoms with van der Waals surface area (Å²) in [4.78, 5) is 2.15. The predicted octanol–water partition coefficient (Wildman–Crippen LogP) is 0.782. The van der Waals surface area contributed by atoms with Gasteiger partial charge >= 0.3 is 0 Å². The van der Waals surface area contributed by atoms with Crippen molar-refractivity contribution >= 4 is 15.7 Å². The second-order valence-corrected chi connectivity index (χ2v) is 6.54. The Balaban J connectivity index is 1.95. The first-order valence-corrected chi connectivity index (χ1v) is 8.16. The molecule has 0 aromatic heterocycles. The van der Waals surface area contributed by atoms with Crippen molar-refractivity contribution in [1.82, 2.24) is 4.90 Å². The maximum atomic E-state index is 11.1. The third-order valence-corrected chi connectivity index (χ3v) is 3.56. The Bertz CT molecular complexity index is 592. The molecule has 0 spiro atoms. The van der Waals surface area contributed by atoms with Crippen molar-refractivity contribution in [2.24, 2.45) is 0 Å². The summed E-state index contributed by atoms with van der Waals surface area (Å²) >= 11 is 0. The van der Waals surface area contributed by atoms with E-state index >= 15 is 0 Å². The highest BCUT2D eigenvalue weighted by Crippen LogP contribution is 2.14. The van der Waals surface area contributed by atoms with Gasteiger partial charge in [0.05, 0.1) is 18.9 Å². The molecule has 20 heavy (non-hydrogen) atoms. The SMILES string of the molecule is CS(=O)(=O)Nc1ccc(CN2CCO[C@H](C#N)C2)cc1. The lowest BCUT2D eigenvalue weighted by Gasteiger charge is -2.29. The van der Waals surface area contributed by atoms with E-state index in [1.165, 1.54) is 0 Å². The molecule has 0 aliphatic carbocycles. The van der Waals surface area contributed by atoms with Gasteiger partial charge in [-0.2, -0.15) is 5.26 Å². The zero-order valence-corrected chi connectivity index (χ0v) is 12.1. The second-order valence-electron chi connectivity index (χ2n) is 4.79. The average Bonchev–Trinajstić information content (AvgIpc) is 2.40. The van der Waals surface area contributed by atoms with E-state index in [4.69, 9.17) is 10.00 Å². The van der Waals surface area contributed by atoms with Crippen molar-refractivity contribution in [3.63, 3.8) is 0 Å². The Morgan fingerprint density at radius 3 is 2.75 bits per heavy atom. The molecule has 7 heteroatoms. The van der Waals surface area contributed by atoms with Gasteiger partial charge in [-0.3, -0.25) is 9.62 Å². The standard InChI is InChI=1S/C13H17N3O3S/c1-20(17,18)15-12-4-2-11(3-5-12)9-16-6-7-19-13(8-14)10-16/h2-5,13,15H,6-7,9-10H2,1H3/t13-/m1/s1. The van der Waals surface area contributed by atoms with Gasteiger partial charge in [-0.1, -0.05) is 12.1 Å². The van der Waals surface area contributed by atoms with Gasteiger partial charge in [0, 0.05) is 25.3 Å². The quantitative estimate of drug-likeness (QED) is 0.887. The normalized spacial score (nSPS) is 20.3. The molecular weight excluding hydrogens is 278 g/mol. The fraction of sp³-hybridized carbons (Fsp3) is 0.462. The smallest absolute Gasteiger partial charge is 0.229 e. The van der Waals surface area contributed by atoms with E-state index in [0.717, 1.165) is 24.9 Å². The molecule has 1 aromatic carbocycles. The Morgan fingerprint density at radius 2 is 2.15 bits per heavy atom. The maximum Gasteiger partial charge on any atom is 0.229 e. The van der Waals surface area contributed by atoms with E-state index in [0.29, 0.717) is 18.8 Å². The van der Waals surface area contributed by atoms with Crippen LogP contribution in [-0.4, -0.2) is 45.4 Å². The molecule has 1 aliphatic rings. The van der Waals surface area contributed by atoms with Gasteiger partial charge in [0.1, 0.15) is 0 Å². The van der Waals surface area contributed by atoms with Crippen molar-refractivity contribution in [2.45, 2.75) is 12.6 Å². The third-order valence-electron chi connectivity index (χ3n) is 2.96. The zero-order chi connectivity index (χ0) is 14.6. The number of rotatable bonds is 4. The van der Waals surface area contributed by atoms with Gasteiger partial charge in [0.25, 0.3) is 0 Å². The Morgan fingerprint density at radius 1 is 1.45 bits per heavy atom.